The van der Waals surface area contributed by atoms with E-state index in [4.69, 9.17) is 18.9 Å². The molecule has 0 unspecified atom stereocenters. The summed E-state index contributed by atoms with van der Waals surface area (Å²) in [6.45, 7) is 15.0. The molecule has 0 fully saturated rings. The molecule has 40 heavy (non-hydrogen) atoms. The van der Waals surface area contributed by atoms with E-state index in [1.54, 1.807) is 32.2 Å². The number of benzene rings is 3. The molecule has 0 amide bonds. The Labute approximate surface area is 232 Å². The molecule has 0 bridgehead atoms. The molecule has 3 rings (SSSR count). The Bertz CT molecular complexity index is 1510. The second-order valence-electron chi connectivity index (χ2n) is 8.64. The van der Waals surface area contributed by atoms with Crippen molar-refractivity contribution in [3.63, 3.8) is 0 Å². The van der Waals surface area contributed by atoms with Gasteiger partial charge < -0.3 is 18.9 Å². The van der Waals surface area contributed by atoms with Gasteiger partial charge in [-0.1, -0.05) is 37.9 Å². The SMILES string of the molecule is C=C(C)C(=O)Oc1ccc(/C=C/C(=O)Oc2ccc3cc(OC)ccc3c2)cc1OC(=O)C(=C)C.C=C(C)C=O. The number of allylic oxidation sites excluding steroid dienone is 1. The molecule has 8 heteroatoms. The standard InChI is InChI=1S/C28H24O7.C4H6O/c1-17(2)27(30)34-24-12-6-19(14-25(24)35-28(31)18(3)4)7-13-26(29)33-23-11-9-20-15-22(32-5)10-8-21(20)16-23;1-4(2)3-5/h6-16H,1,3H2,2,4-5H3;3H,1H2,2H3/b13-7+;. The lowest BCUT2D eigenvalue weighted by molar-refractivity contribution is -0.132. The lowest BCUT2D eigenvalue weighted by Gasteiger charge is -2.11. The van der Waals surface area contributed by atoms with Crippen molar-refractivity contribution in [1.29, 1.82) is 0 Å². The Morgan fingerprint density at radius 3 is 1.75 bits per heavy atom. The summed E-state index contributed by atoms with van der Waals surface area (Å²) in [6, 6.07) is 15.3. The van der Waals surface area contributed by atoms with Crippen molar-refractivity contribution in [2.75, 3.05) is 7.11 Å². The van der Waals surface area contributed by atoms with Gasteiger partial charge in [-0.15, -0.1) is 0 Å². The van der Waals surface area contributed by atoms with E-state index >= 15 is 0 Å². The van der Waals surface area contributed by atoms with Crippen molar-refractivity contribution < 1.29 is 38.1 Å². The first-order valence-electron chi connectivity index (χ1n) is 11.9. The molecular formula is C32H30O8. The second kappa shape index (κ2) is 14.6. The number of carbonyl (C=O) groups is 4. The fraction of sp³-hybridized carbons (Fsp3) is 0.125. The molecule has 3 aromatic carbocycles. The first-order valence-corrected chi connectivity index (χ1v) is 11.9. The van der Waals surface area contributed by atoms with Crippen molar-refractivity contribution in [3.05, 3.63) is 103 Å². The van der Waals surface area contributed by atoms with Crippen LogP contribution in [0.15, 0.2) is 97.1 Å². The predicted octanol–water partition coefficient (Wildman–Crippen LogP) is 6.19. The zero-order valence-corrected chi connectivity index (χ0v) is 22.8. The fourth-order valence-electron chi connectivity index (χ4n) is 2.87. The smallest absolute Gasteiger partial charge is 0.338 e. The predicted molar refractivity (Wildman–Crippen MR) is 153 cm³/mol. The number of hydrogen-bond donors (Lipinski definition) is 0. The van der Waals surface area contributed by atoms with Gasteiger partial charge in [0, 0.05) is 17.2 Å². The van der Waals surface area contributed by atoms with E-state index in [2.05, 4.69) is 19.7 Å². The van der Waals surface area contributed by atoms with E-state index in [-0.39, 0.29) is 22.6 Å². The Morgan fingerprint density at radius 2 is 1.23 bits per heavy atom. The number of fused-ring (bicyclic) bond motifs is 1. The molecule has 0 spiro atoms. The molecule has 3 aromatic rings. The van der Waals surface area contributed by atoms with E-state index in [0.29, 0.717) is 16.9 Å². The minimum Gasteiger partial charge on any atom is -0.497 e. The summed E-state index contributed by atoms with van der Waals surface area (Å²) in [5.74, 6) is -0.816. The normalized spacial score (nSPS) is 10.1. The van der Waals surface area contributed by atoms with Crippen molar-refractivity contribution in [2.24, 2.45) is 0 Å². The van der Waals surface area contributed by atoms with Gasteiger partial charge in [-0.05, 0) is 85.2 Å². The Kier molecular flexibility index (Phi) is 11.3. The van der Waals surface area contributed by atoms with Crippen molar-refractivity contribution >= 4 is 41.0 Å². The van der Waals surface area contributed by atoms with Gasteiger partial charge in [0.05, 0.1) is 7.11 Å². The summed E-state index contributed by atoms with van der Waals surface area (Å²) in [6.07, 6.45) is 3.44. The van der Waals surface area contributed by atoms with E-state index in [9.17, 15) is 19.2 Å². The topological polar surface area (TPSA) is 105 Å². The van der Waals surface area contributed by atoms with E-state index in [1.165, 1.54) is 38.1 Å². The summed E-state index contributed by atoms with van der Waals surface area (Å²) in [7, 11) is 1.60. The number of hydrogen-bond acceptors (Lipinski definition) is 8. The third-order valence-electron chi connectivity index (χ3n) is 4.92. The first kappa shape index (κ1) is 31.0. The minimum atomic E-state index is -0.688. The highest BCUT2D eigenvalue weighted by atomic mass is 16.6. The number of carbonyl (C=O) groups excluding carboxylic acids is 4. The zero-order chi connectivity index (χ0) is 29.8. The van der Waals surface area contributed by atoms with Gasteiger partial charge in [0.1, 0.15) is 17.8 Å². The van der Waals surface area contributed by atoms with Gasteiger partial charge in [-0.25, -0.2) is 14.4 Å². The van der Waals surface area contributed by atoms with E-state index < -0.39 is 17.9 Å². The molecule has 0 heterocycles. The molecule has 0 aliphatic carbocycles. The van der Waals surface area contributed by atoms with Gasteiger partial charge in [0.15, 0.2) is 11.5 Å². The zero-order valence-electron chi connectivity index (χ0n) is 22.8. The third-order valence-corrected chi connectivity index (χ3v) is 4.92. The van der Waals surface area contributed by atoms with Crippen LogP contribution in [0.5, 0.6) is 23.0 Å². The molecule has 0 aliphatic heterocycles. The number of rotatable bonds is 9. The number of ether oxygens (including phenoxy) is 4. The summed E-state index contributed by atoms with van der Waals surface area (Å²) in [4.78, 5) is 45.7. The maximum absolute atomic E-state index is 12.4. The molecule has 0 saturated carbocycles. The number of esters is 3. The van der Waals surface area contributed by atoms with Crippen LogP contribution in [0, 0.1) is 0 Å². The highest BCUT2D eigenvalue weighted by molar-refractivity contribution is 5.92. The molecule has 0 aromatic heterocycles. The van der Waals surface area contributed by atoms with Crippen LogP contribution < -0.4 is 18.9 Å². The van der Waals surface area contributed by atoms with Gasteiger partial charge in [-0.2, -0.15) is 0 Å². The van der Waals surface area contributed by atoms with E-state index in [1.807, 2.05) is 24.3 Å². The maximum Gasteiger partial charge on any atom is 0.338 e. The lowest BCUT2D eigenvalue weighted by atomic mass is 10.1. The summed E-state index contributed by atoms with van der Waals surface area (Å²) < 4.78 is 21.1. The van der Waals surface area contributed by atoms with Gasteiger partial charge in [0.25, 0.3) is 0 Å². The van der Waals surface area contributed by atoms with Crippen LogP contribution in [0.2, 0.25) is 0 Å². The fourth-order valence-corrected chi connectivity index (χ4v) is 2.87. The van der Waals surface area contributed by atoms with Crippen LogP contribution in [-0.4, -0.2) is 31.3 Å². The molecule has 0 N–H and O–H groups in total. The van der Waals surface area contributed by atoms with Crippen molar-refractivity contribution in [1.82, 2.24) is 0 Å². The second-order valence-corrected chi connectivity index (χ2v) is 8.64. The Balaban J connectivity index is 0.00000103. The summed E-state index contributed by atoms with van der Waals surface area (Å²) >= 11 is 0. The Hall–Kier alpha value is -5.24. The van der Waals surface area contributed by atoms with Crippen molar-refractivity contribution in [2.45, 2.75) is 20.8 Å². The van der Waals surface area contributed by atoms with Gasteiger partial charge >= 0.3 is 17.9 Å². The average Bonchev–Trinajstić information content (AvgIpc) is 2.92. The molecular weight excluding hydrogens is 512 g/mol. The maximum atomic E-state index is 12.4. The van der Waals surface area contributed by atoms with Crippen LogP contribution in [0.4, 0.5) is 0 Å². The first-order chi connectivity index (χ1) is 18.9. The third kappa shape index (κ3) is 9.57. The molecule has 0 radical (unpaired) electrons. The monoisotopic (exact) mass is 542 g/mol. The molecule has 0 aliphatic rings. The van der Waals surface area contributed by atoms with Gasteiger partial charge in [0.2, 0.25) is 0 Å². The van der Waals surface area contributed by atoms with Crippen LogP contribution in [0.1, 0.15) is 26.3 Å². The molecule has 206 valence electrons. The summed E-state index contributed by atoms with van der Waals surface area (Å²) in [5.41, 5.74) is 1.43. The molecule has 0 atom stereocenters. The highest BCUT2D eigenvalue weighted by Crippen LogP contribution is 2.30. The van der Waals surface area contributed by atoms with E-state index in [0.717, 1.165) is 22.8 Å². The number of aldehydes is 1. The number of methoxy groups -OCH3 is 1. The Morgan fingerprint density at radius 1 is 0.700 bits per heavy atom. The molecule has 0 saturated heterocycles. The quantitative estimate of drug-likeness (QED) is 0.136. The highest BCUT2D eigenvalue weighted by Gasteiger charge is 2.15. The largest absolute Gasteiger partial charge is 0.497 e. The minimum absolute atomic E-state index is 0.00641. The van der Waals surface area contributed by atoms with Gasteiger partial charge in [-0.3, -0.25) is 4.79 Å². The van der Waals surface area contributed by atoms with Crippen LogP contribution >= 0.6 is 0 Å². The lowest BCUT2D eigenvalue weighted by Crippen LogP contribution is -2.12. The van der Waals surface area contributed by atoms with Crippen LogP contribution in [0.25, 0.3) is 16.8 Å². The summed E-state index contributed by atoms with van der Waals surface area (Å²) in [5, 5.41) is 1.84. The van der Waals surface area contributed by atoms with Crippen molar-refractivity contribution in [3.8, 4) is 23.0 Å². The van der Waals surface area contributed by atoms with Crippen LogP contribution in [-0.2, 0) is 19.2 Å². The average molecular weight is 543 g/mol. The molecule has 8 nitrogen and oxygen atoms in total. The van der Waals surface area contributed by atoms with Crippen LogP contribution in [0.3, 0.4) is 0 Å².